The maximum Gasteiger partial charge on any atom is 0.180 e. The third-order valence-electron chi connectivity index (χ3n) is 2.98. The number of anilines is 2. The quantitative estimate of drug-likeness (QED) is 0.567. The molecule has 96 valence electrons. The maximum absolute atomic E-state index is 11.4. The Labute approximate surface area is 106 Å². The van der Waals surface area contributed by atoms with Gasteiger partial charge in [-0.25, -0.2) is 15.8 Å². The second-order valence-corrected chi connectivity index (χ2v) is 5.78. The predicted molar refractivity (Wildman–Crippen MR) is 70.9 cm³/mol. The van der Waals surface area contributed by atoms with E-state index in [4.69, 9.17) is 5.84 Å². The number of imidazole rings is 1. The van der Waals surface area contributed by atoms with Gasteiger partial charge in [0.05, 0.1) is 6.20 Å². The molecule has 0 amide bonds. The molecule has 0 radical (unpaired) electrons. The minimum atomic E-state index is -0.703. The molecule has 1 fully saturated rings. The van der Waals surface area contributed by atoms with Crippen molar-refractivity contribution in [3.05, 3.63) is 18.6 Å². The number of rotatable bonds is 2. The normalized spacial score (nSPS) is 17.3. The van der Waals surface area contributed by atoms with Crippen LogP contribution in [0.4, 0.5) is 11.6 Å². The Morgan fingerprint density at radius 2 is 2.17 bits per heavy atom. The number of hydrogen-bond acceptors (Lipinski definition) is 6. The summed E-state index contributed by atoms with van der Waals surface area (Å²) < 4.78 is 13.3. The number of hydrogen-bond donors (Lipinski definition) is 2. The van der Waals surface area contributed by atoms with Crippen LogP contribution in [0.5, 0.6) is 0 Å². The van der Waals surface area contributed by atoms with Crippen molar-refractivity contribution in [3.8, 4) is 0 Å². The molecule has 1 aliphatic heterocycles. The lowest BCUT2D eigenvalue weighted by Crippen LogP contribution is -2.38. The second-order valence-electron chi connectivity index (χ2n) is 4.09. The van der Waals surface area contributed by atoms with E-state index in [2.05, 4.69) is 20.3 Å². The first kappa shape index (κ1) is 11.4. The van der Waals surface area contributed by atoms with Gasteiger partial charge in [-0.05, 0) is 0 Å². The molecule has 0 saturated carbocycles. The molecule has 0 aromatic carbocycles. The van der Waals surface area contributed by atoms with E-state index in [1.165, 1.54) is 0 Å². The van der Waals surface area contributed by atoms with Crippen LogP contribution in [0.3, 0.4) is 0 Å². The van der Waals surface area contributed by atoms with Crippen LogP contribution in [0.15, 0.2) is 18.6 Å². The zero-order valence-corrected chi connectivity index (χ0v) is 10.6. The first-order chi connectivity index (χ1) is 8.78. The Morgan fingerprint density at radius 3 is 2.89 bits per heavy atom. The Kier molecular flexibility index (Phi) is 2.88. The number of hydrazine groups is 1. The Balaban J connectivity index is 2.03. The molecule has 0 atom stereocenters. The summed E-state index contributed by atoms with van der Waals surface area (Å²) in [6, 6.07) is 0. The molecule has 1 saturated heterocycles. The number of nitrogen functional groups attached to an aromatic ring is 1. The molecule has 0 aliphatic carbocycles. The Bertz CT molecular complexity index is 587. The van der Waals surface area contributed by atoms with E-state index in [9.17, 15) is 4.21 Å². The third-order valence-corrected chi connectivity index (χ3v) is 4.26. The molecule has 18 heavy (non-hydrogen) atoms. The number of fused-ring (bicyclic) bond motifs is 1. The number of nitrogens with two attached hydrogens (primary N) is 1. The molecule has 3 rings (SSSR count). The largest absolute Gasteiger partial charge is 0.352 e. The predicted octanol–water partition coefficient (Wildman–Crippen LogP) is -0.416. The van der Waals surface area contributed by atoms with Crippen LogP contribution >= 0.6 is 0 Å². The summed E-state index contributed by atoms with van der Waals surface area (Å²) >= 11 is 0. The zero-order chi connectivity index (χ0) is 12.5. The van der Waals surface area contributed by atoms with Gasteiger partial charge in [-0.3, -0.25) is 4.21 Å². The van der Waals surface area contributed by atoms with Crippen LogP contribution in [-0.4, -0.2) is 43.2 Å². The van der Waals surface area contributed by atoms with Crippen LogP contribution in [0.1, 0.15) is 0 Å². The SMILES string of the molecule is NNc1cn2ccnc2c(N2CCS(=O)CC2)n1. The van der Waals surface area contributed by atoms with Crippen molar-refractivity contribution in [2.45, 2.75) is 0 Å². The van der Waals surface area contributed by atoms with Crippen LogP contribution in [0.25, 0.3) is 5.65 Å². The van der Waals surface area contributed by atoms with Gasteiger partial charge in [0.15, 0.2) is 17.3 Å². The fraction of sp³-hybridized carbons (Fsp3) is 0.400. The zero-order valence-electron chi connectivity index (χ0n) is 9.74. The van der Waals surface area contributed by atoms with E-state index in [0.29, 0.717) is 17.3 Å². The van der Waals surface area contributed by atoms with E-state index in [1.54, 1.807) is 12.4 Å². The van der Waals surface area contributed by atoms with Gasteiger partial charge in [0.1, 0.15) is 0 Å². The molecule has 0 bridgehead atoms. The standard InChI is InChI=1S/C10H14N6OS/c11-14-8-7-16-2-1-12-9(16)10(13-8)15-3-5-18(17)6-4-15/h1-2,7,14H,3-6,11H2. The average Bonchev–Trinajstić information content (AvgIpc) is 2.86. The third kappa shape index (κ3) is 1.93. The summed E-state index contributed by atoms with van der Waals surface area (Å²) in [7, 11) is -0.703. The first-order valence-electron chi connectivity index (χ1n) is 5.68. The van der Waals surface area contributed by atoms with Gasteiger partial charge in [0, 0.05) is 47.8 Å². The molecule has 3 N–H and O–H groups in total. The second kappa shape index (κ2) is 4.54. The fourth-order valence-electron chi connectivity index (χ4n) is 2.05. The van der Waals surface area contributed by atoms with Gasteiger partial charge in [0.25, 0.3) is 0 Å². The van der Waals surface area contributed by atoms with Crippen LogP contribution in [-0.2, 0) is 10.8 Å². The molecule has 3 heterocycles. The van der Waals surface area contributed by atoms with Crippen molar-refractivity contribution >= 4 is 28.1 Å². The summed E-state index contributed by atoms with van der Waals surface area (Å²) in [5.41, 5.74) is 3.34. The Hall–Kier alpha value is -1.67. The number of nitrogens with zero attached hydrogens (tertiary/aromatic N) is 4. The van der Waals surface area contributed by atoms with Crippen molar-refractivity contribution in [3.63, 3.8) is 0 Å². The van der Waals surface area contributed by atoms with E-state index in [1.807, 2.05) is 10.6 Å². The lowest BCUT2D eigenvalue weighted by molar-refractivity contribution is 0.672. The summed E-state index contributed by atoms with van der Waals surface area (Å²) in [5, 5.41) is 0. The molecule has 0 unspecified atom stereocenters. The van der Waals surface area contributed by atoms with Crippen LogP contribution in [0, 0.1) is 0 Å². The highest BCUT2D eigenvalue weighted by atomic mass is 32.2. The van der Waals surface area contributed by atoms with E-state index in [-0.39, 0.29) is 0 Å². The summed E-state index contributed by atoms with van der Waals surface area (Å²) in [4.78, 5) is 10.9. The summed E-state index contributed by atoms with van der Waals surface area (Å²) in [5.74, 6) is 8.14. The minimum absolute atomic E-state index is 0.585. The van der Waals surface area contributed by atoms with Crippen molar-refractivity contribution in [2.75, 3.05) is 34.9 Å². The molecule has 8 heteroatoms. The van der Waals surface area contributed by atoms with Crippen molar-refractivity contribution in [1.82, 2.24) is 14.4 Å². The number of aromatic nitrogens is 3. The van der Waals surface area contributed by atoms with Crippen molar-refractivity contribution in [2.24, 2.45) is 5.84 Å². The van der Waals surface area contributed by atoms with Crippen molar-refractivity contribution in [1.29, 1.82) is 0 Å². The minimum Gasteiger partial charge on any atom is -0.352 e. The van der Waals surface area contributed by atoms with Gasteiger partial charge < -0.3 is 14.7 Å². The fourth-order valence-corrected chi connectivity index (χ4v) is 3.10. The highest BCUT2D eigenvalue weighted by molar-refractivity contribution is 7.85. The smallest absolute Gasteiger partial charge is 0.180 e. The molecule has 1 aliphatic rings. The van der Waals surface area contributed by atoms with Gasteiger partial charge >= 0.3 is 0 Å². The molecule has 2 aromatic heterocycles. The van der Waals surface area contributed by atoms with E-state index < -0.39 is 10.8 Å². The van der Waals surface area contributed by atoms with Gasteiger partial charge in [-0.15, -0.1) is 0 Å². The monoisotopic (exact) mass is 266 g/mol. The van der Waals surface area contributed by atoms with Crippen LogP contribution < -0.4 is 16.2 Å². The highest BCUT2D eigenvalue weighted by Crippen LogP contribution is 2.21. The average molecular weight is 266 g/mol. The van der Waals surface area contributed by atoms with Gasteiger partial charge in [-0.2, -0.15) is 0 Å². The lowest BCUT2D eigenvalue weighted by Gasteiger charge is -2.27. The molecular formula is C10H14N6OS. The molecular weight excluding hydrogens is 252 g/mol. The van der Waals surface area contributed by atoms with Gasteiger partial charge in [-0.1, -0.05) is 0 Å². The van der Waals surface area contributed by atoms with Crippen LogP contribution in [0.2, 0.25) is 0 Å². The lowest BCUT2D eigenvalue weighted by atomic mass is 10.4. The molecule has 0 spiro atoms. The van der Waals surface area contributed by atoms with Gasteiger partial charge in [0.2, 0.25) is 0 Å². The summed E-state index contributed by atoms with van der Waals surface area (Å²) in [6.45, 7) is 1.46. The van der Waals surface area contributed by atoms with E-state index >= 15 is 0 Å². The summed E-state index contributed by atoms with van der Waals surface area (Å²) in [6.07, 6.45) is 5.36. The van der Waals surface area contributed by atoms with E-state index in [0.717, 1.165) is 24.6 Å². The maximum atomic E-state index is 11.4. The Morgan fingerprint density at radius 1 is 1.39 bits per heavy atom. The topological polar surface area (TPSA) is 88.5 Å². The first-order valence-corrected chi connectivity index (χ1v) is 7.17. The highest BCUT2D eigenvalue weighted by Gasteiger charge is 2.20. The number of nitrogens with one attached hydrogen (secondary N) is 1. The molecule has 7 nitrogen and oxygen atoms in total. The molecule has 2 aromatic rings. The van der Waals surface area contributed by atoms with Crippen molar-refractivity contribution < 1.29 is 4.21 Å².